The minimum atomic E-state index is -0.606. The highest BCUT2D eigenvalue weighted by Gasteiger charge is 2.15. The van der Waals surface area contributed by atoms with Gasteiger partial charge in [0.1, 0.15) is 5.02 Å². The van der Waals surface area contributed by atoms with Crippen LogP contribution in [-0.2, 0) is 6.42 Å². The molecule has 1 heterocycles. The van der Waals surface area contributed by atoms with Crippen LogP contribution in [0.1, 0.15) is 23.0 Å². The molecule has 0 atom stereocenters. The van der Waals surface area contributed by atoms with Crippen molar-refractivity contribution in [3.8, 4) is 0 Å². The zero-order chi connectivity index (χ0) is 14.7. The predicted molar refractivity (Wildman–Crippen MR) is 74.0 cm³/mol. The molecule has 104 valence electrons. The first-order valence-electron chi connectivity index (χ1n) is 5.81. The summed E-state index contributed by atoms with van der Waals surface area (Å²) in [6, 6.07) is 5.50. The molecule has 1 amide bonds. The number of nitrogens with one attached hydrogen (secondary N) is 2. The van der Waals surface area contributed by atoms with Gasteiger partial charge in [-0.05, 0) is 18.6 Å². The number of aromatic nitrogens is 2. The molecule has 7 nitrogen and oxygen atoms in total. The van der Waals surface area contributed by atoms with E-state index in [4.69, 9.17) is 11.6 Å². The highest BCUT2D eigenvalue weighted by atomic mass is 35.5. The minimum Gasteiger partial charge on any atom is -0.305 e. The summed E-state index contributed by atoms with van der Waals surface area (Å²) in [6.07, 6.45) is 0.770. The molecule has 0 saturated heterocycles. The molecule has 0 fully saturated rings. The average Bonchev–Trinajstić information content (AvgIpc) is 2.85. The quantitative estimate of drug-likeness (QED) is 0.668. The van der Waals surface area contributed by atoms with Crippen LogP contribution in [0.3, 0.4) is 0 Å². The molecule has 0 aliphatic rings. The highest BCUT2D eigenvalue weighted by Crippen LogP contribution is 2.25. The van der Waals surface area contributed by atoms with Crippen LogP contribution in [0.15, 0.2) is 24.3 Å². The first kappa shape index (κ1) is 14.0. The van der Waals surface area contributed by atoms with Crippen molar-refractivity contribution in [3.63, 3.8) is 0 Å². The van der Waals surface area contributed by atoms with E-state index in [2.05, 4.69) is 15.5 Å². The van der Waals surface area contributed by atoms with E-state index in [1.807, 2.05) is 6.92 Å². The van der Waals surface area contributed by atoms with Gasteiger partial charge in [0.2, 0.25) is 0 Å². The maximum atomic E-state index is 12.0. The highest BCUT2D eigenvalue weighted by molar-refractivity contribution is 6.33. The third kappa shape index (κ3) is 2.94. The fraction of sp³-hybridized carbons (Fsp3) is 0.167. The van der Waals surface area contributed by atoms with Gasteiger partial charge in [-0.2, -0.15) is 5.10 Å². The maximum Gasteiger partial charge on any atom is 0.287 e. The summed E-state index contributed by atoms with van der Waals surface area (Å²) < 4.78 is 0. The second-order valence-electron chi connectivity index (χ2n) is 4.01. The van der Waals surface area contributed by atoms with Gasteiger partial charge in [-0.15, -0.1) is 0 Å². The number of nitro benzene ring substituents is 1. The molecular formula is C12H11ClN4O3. The Bertz CT molecular complexity index is 668. The first-order chi connectivity index (χ1) is 9.51. The van der Waals surface area contributed by atoms with Gasteiger partial charge in [-0.1, -0.05) is 18.5 Å². The number of benzene rings is 1. The van der Waals surface area contributed by atoms with Crippen molar-refractivity contribution in [3.05, 3.63) is 50.7 Å². The normalized spacial score (nSPS) is 10.3. The largest absolute Gasteiger partial charge is 0.305 e. The fourth-order valence-corrected chi connectivity index (χ4v) is 1.84. The topological polar surface area (TPSA) is 101 Å². The van der Waals surface area contributed by atoms with Crippen molar-refractivity contribution in [2.75, 3.05) is 5.32 Å². The molecule has 0 radical (unpaired) electrons. The van der Waals surface area contributed by atoms with Gasteiger partial charge in [0, 0.05) is 23.4 Å². The van der Waals surface area contributed by atoms with Crippen LogP contribution in [0.5, 0.6) is 0 Å². The molecule has 0 spiro atoms. The predicted octanol–water partition coefficient (Wildman–Crippen LogP) is 2.79. The van der Waals surface area contributed by atoms with Crippen molar-refractivity contribution in [1.29, 1.82) is 0 Å². The SMILES string of the molecule is CCc1cc(NC(=O)c2ccc([N+](=O)[O-])c(Cl)c2)n[nH]1. The van der Waals surface area contributed by atoms with Crippen LogP contribution in [0.4, 0.5) is 11.5 Å². The van der Waals surface area contributed by atoms with Crippen molar-refractivity contribution < 1.29 is 9.72 Å². The number of halogens is 1. The molecule has 1 aromatic heterocycles. The van der Waals surface area contributed by atoms with Crippen molar-refractivity contribution in [2.24, 2.45) is 0 Å². The van der Waals surface area contributed by atoms with Crippen LogP contribution < -0.4 is 5.32 Å². The van der Waals surface area contributed by atoms with Gasteiger partial charge in [0.15, 0.2) is 5.82 Å². The van der Waals surface area contributed by atoms with Crippen LogP contribution in [-0.4, -0.2) is 21.0 Å². The van der Waals surface area contributed by atoms with E-state index in [0.29, 0.717) is 5.82 Å². The summed E-state index contributed by atoms with van der Waals surface area (Å²) in [7, 11) is 0. The summed E-state index contributed by atoms with van der Waals surface area (Å²) in [4.78, 5) is 22.0. The Kier molecular flexibility index (Phi) is 3.99. The number of nitro groups is 1. The number of carbonyl (C=O) groups is 1. The second kappa shape index (κ2) is 5.70. The lowest BCUT2D eigenvalue weighted by Gasteiger charge is -2.02. The molecule has 8 heteroatoms. The van der Waals surface area contributed by atoms with Gasteiger partial charge >= 0.3 is 0 Å². The molecule has 2 N–H and O–H groups in total. The van der Waals surface area contributed by atoms with E-state index >= 15 is 0 Å². The van der Waals surface area contributed by atoms with Crippen LogP contribution in [0.25, 0.3) is 0 Å². The Morgan fingerprint density at radius 3 is 2.80 bits per heavy atom. The number of aryl methyl sites for hydroxylation is 1. The van der Waals surface area contributed by atoms with E-state index in [9.17, 15) is 14.9 Å². The summed E-state index contributed by atoms with van der Waals surface area (Å²) >= 11 is 5.75. The van der Waals surface area contributed by atoms with Gasteiger partial charge in [0.05, 0.1) is 4.92 Å². The molecule has 0 aliphatic heterocycles. The van der Waals surface area contributed by atoms with Gasteiger partial charge in [-0.25, -0.2) is 0 Å². The van der Waals surface area contributed by atoms with E-state index in [0.717, 1.165) is 12.1 Å². The lowest BCUT2D eigenvalue weighted by atomic mass is 10.2. The van der Waals surface area contributed by atoms with Crippen LogP contribution >= 0.6 is 11.6 Å². The van der Waals surface area contributed by atoms with Gasteiger partial charge < -0.3 is 5.32 Å². The van der Waals surface area contributed by atoms with Crippen molar-refractivity contribution in [1.82, 2.24) is 10.2 Å². The van der Waals surface area contributed by atoms with E-state index in [1.54, 1.807) is 6.07 Å². The standard InChI is InChI=1S/C12H11ClN4O3/c1-2-8-6-11(16-15-8)14-12(18)7-3-4-10(17(19)20)9(13)5-7/h3-6H,2H2,1H3,(H2,14,15,16,18). The van der Waals surface area contributed by atoms with E-state index in [1.165, 1.54) is 18.2 Å². The van der Waals surface area contributed by atoms with Gasteiger partial charge in [-0.3, -0.25) is 20.0 Å². The molecule has 1 aromatic carbocycles. The molecule has 2 aromatic rings. The van der Waals surface area contributed by atoms with Crippen molar-refractivity contribution >= 4 is 29.0 Å². The average molecular weight is 295 g/mol. The molecule has 0 bridgehead atoms. The number of hydrogen-bond acceptors (Lipinski definition) is 4. The third-order valence-electron chi connectivity index (χ3n) is 2.66. The number of carbonyl (C=O) groups excluding carboxylic acids is 1. The number of H-pyrrole nitrogens is 1. The Labute approximate surface area is 119 Å². The lowest BCUT2D eigenvalue weighted by Crippen LogP contribution is -2.12. The molecule has 0 saturated carbocycles. The summed E-state index contributed by atoms with van der Waals surface area (Å²) in [5, 5.41) is 19.8. The number of anilines is 1. The zero-order valence-electron chi connectivity index (χ0n) is 10.5. The summed E-state index contributed by atoms with van der Waals surface area (Å²) in [6.45, 7) is 1.95. The smallest absolute Gasteiger partial charge is 0.287 e. The number of nitrogens with zero attached hydrogens (tertiary/aromatic N) is 2. The van der Waals surface area contributed by atoms with Crippen LogP contribution in [0, 0.1) is 10.1 Å². The monoisotopic (exact) mass is 294 g/mol. The Balaban J connectivity index is 2.17. The minimum absolute atomic E-state index is 0.0843. The molecule has 0 aliphatic carbocycles. The number of amides is 1. The Hall–Kier alpha value is -2.41. The number of hydrogen-bond donors (Lipinski definition) is 2. The third-order valence-corrected chi connectivity index (χ3v) is 2.96. The van der Waals surface area contributed by atoms with E-state index < -0.39 is 10.8 Å². The molecule has 2 rings (SSSR count). The molecular weight excluding hydrogens is 284 g/mol. The summed E-state index contributed by atoms with van der Waals surface area (Å²) in [5.41, 5.74) is 0.875. The Morgan fingerprint density at radius 2 is 2.25 bits per heavy atom. The molecule has 0 unspecified atom stereocenters. The summed E-state index contributed by atoms with van der Waals surface area (Å²) in [5.74, 6) is -0.0442. The first-order valence-corrected chi connectivity index (χ1v) is 6.18. The number of rotatable bonds is 4. The zero-order valence-corrected chi connectivity index (χ0v) is 11.3. The lowest BCUT2D eigenvalue weighted by molar-refractivity contribution is -0.384. The van der Waals surface area contributed by atoms with E-state index in [-0.39, 0.29) is 16.3 Å². The molecule has 20 heavy (non-hydrogen) atoms. The van der Waals surface area contributed by atoms with Crippen molar-refractivity contribution in [2.45, 2.75) is 13.3 Å². The fourth-order valence-electron chi connectivity index (χ4n) is 1.59. The second-order valence-corrected chi connectivity index (χ2v) is 4.42. The maximum absolute atomic E-state index is 12.0. The number of aromatic amines is 1. The van der Waals surface area contributed by atoms with Crippen LogP contribution in [0.2, 0.25) is 5.02 Å². The van der Waals surface area contributed by atoms with Gasteiger partial charge in [0.25, 0.3) is 11.6 Å². The Morgan fingerprint density at radius 1 is 1.50 bits per heavy atom.